The van der Waals surface area contributed by atoms with Gasteiger partial charge in [-0.05, 0) is 43.4 Å². The number of carboxylic acid groups (broad SMARTS) is 1. The maximum atomic E-state index is 12.8. The molecule has 0 amide bonds. The first-order valence-electron chi connectivity index (χ1n) is 9.61. The third-order valence-electron chi connectivity index (χ3n) is 5.56. The van der Waals surface area contributed by atoms with Gasteiger partial charge in [-0.15, -0.1) is 0 Å². The monoisotopic (exact) mass is 377 g/mol. The molecule has 5 nitrogen and oxygen atoms in total. The zero-order valence-electron chi connectivity index (χ0n) is 15.8. The molecule has 0 aliphatic heterocycles. The Morgan fingerprint density at radius 3 is 2.61 bits per heavy atom. The molecule has 28 heavy (non-hydrogen) atoms. The smallest absolute Gasteiger partial charge is 0.323 e. The van der Waals surface area contributed by atoms with Crippen LogP contribution in [0.4, 0.5) is 0 Å². The Balaban J connectivity index is 1.58. The molecule has 1 aromatic heterocycles. The van der Waals surface area contributed by atoms with Gasteiger partial charge in [-0.2, -0.15) is 0 Å². The van der Waals surface area contributed by atoms with Crippen LogP contribution in [-0.4, -0.2) is 21.6 Å². The van der Waals surface area contributed by atoms with E-state index in [1.165, 1.54) is 0 Å². The summed E-state index contributed by atoms with van der Waals surface area (Å²) in [6.07, 6.45) is 1.64. The summed E-state index contributed by atoms with van der Waals surface area (Å²) < 4.78 is 7.61. The highest BCUT2D eigenvalue weighted by Crippen LogP contribution is 2.35. The minimum absolute atomic E-state index is 0.0595. The molecule has 0 bridgehead atoms. The van der Waals surface area contributed by atoms with Gasteiger partial charge in [0, 0.05) is 16.6 Å². The van der Waals surface area contributed by atoms with Crippen LogP contribution in [0.1, 0.15) is 36.3 Å². The SMILES string of the molecule is CC(OC(=O)[C@@H]1CCc2c(c3ccccc3n2CC(=O)O)C1)c1ccccc1. The molecule has 1 unspecified atom stereocenters. The van der Waals surface area contributed by atoms with E-state index in [-0.39, 0.29) is 24.5 Å². The molecule has 2 aromatic carbocycles. The fourth-order valence-corrected chi connectivity index (χ4v) is 4.18. The number of fused-ring (bicyclic) bond motifs is 3. The number of aliphatic carboxylic acids is 1. The van der Waals surface area contributed by atoms with Gasteiger partial charge in [-0.3, -0.25) is 9.59 Å². The molecule has 0 radical (unpaired) electrons. The predicted octanol–water partition coefficient (Wildman–Crippen LogP) is 4.14. The average Bonchev–Trinajstić information content (AvgIpc) is 3.01. The number of carboxylic acids is 1. The van der Waals surface area contributed by atoms with Crippen LogP contribution in [-0.2, 0) is 33.7 Å². The fraction of sp³-hybridized carbons (Fsp3) is 0.304. The quantitative estimate of drug-likeness (QED) is 0.679. The summed E-state index contributed by atoms with van der Waals surface area (Å²) in [6.45, 7) is 1.83. The van der Waals surface area contributed by atoms with Crippen LogP contribution in [0, 0.1) is 5.92 Å². The minimum atomic E-state index is -0.859. The molecule has 1 aliphatic carbocycles. The van der Waals surface area contributed by atoms with E-state index < -0.39 is 5.97 Å². The second-order valence-electron chi connectivity index (χ2n) is 7.35. The molecule has 1 aliphatic rings. The van der Waals surface area contributed by atoms with Gasteiger partial charge < -0.3 is 14.4 Å². The van der Waals surface area contributed by atoms with Crippen LogP contribution in [0.3, 0.4) is 0 Å². The second kappa shape index (κ2) is 7.50. The highest BCUT2D eigenvalue weighted by Gasteiger charge is 2.31. The first kappa shape index (κ1) is 18.3. The van der Waals surface area contributed by atoms with E-state index in [2.05, 4.69) is 0 Å². The van der Waals surface area contributed by atoms with Gasteiger partial charge in [0.25, 0.3) is 0 Å². The molecule has 0 saturated heterocycles. The molecule has 1 N–H and O–H groups in total. The van der Waals surface area contributed by atoms with Crippen molar-refractivity contribution in [1.29, 1.82) is 0 Å². The van der Waals surface area contributed by atoms with Crippen molar-refractivity contribution < 1.29 is 19.4 Å². The van der Waals surface area contributed by atoms with Crippen LogP contribution in [0.25, 0.3) is 10.9 Å². The molecule has 144 valence electrons. The van der Waals surface area contributed by atoms with E-state index in [1.807, 2.05) is 66.1 Å². The van der Waals surface area contributed by atoms with Crippen molar-refractivity contribution in [2.45, 2.75) is 38.8 Å². The number of aromatic nitrogens is 1. The van der Waals surface area contributed by atoms with E-state index in [1.54, 1.807) is 0 Å². The molecule has 3 aromatic rings. The number of esters is 1. The van der Waals surface area contributed by atoms with Crippen molar-refractivity contribution in [2.75, 3.05) is 0 Å². The highest BCUT2D eigenvalue weighted by molar-refractivity contribution is 5.88. The zero-order valence-corrected chi connectivity index (χ0v) is 15.8. The standard InChI is InChI=1S/C23H23NO4/c1-15(16-7-3-2-4-8-16)28-23(27)17-11-12-21-19(13-17)18-9-5-6-10-20(18)24(21)14-22(25)26/h2-10,15,17H,11-14H2,1H3,(H,25,26)/t15?,17-/m1/s1. The summed E-state index contributed by atoms with van der Waals surface area (Å²) in [5, 5.41) is 10.3. The van der Waals surface area contributed by atoms with Gasteiger partial charge in [-0.1, -0.05) is 48.5 Å². The second-order valence-corrected chi connectivity index (χ2v) is 7.35. The highest BCUT2D eigenvalue weighted by atomic mass is 16.5. The molecule has 5 heteroatoms. The molecule has 0 saturated carbocycles. The lowest BCUT2D eigenvalue weighted by atomic mass is 9.86. The van der Waals surface area contributed by atoms with E-state index in [9.17, 15) is 14.7 Å². The van der Waals surface area contributed by atoms with E-state index in [0.29, 0.717) is 19.3 Å². The van der Waals surface area contributed by atoms with Gasteiger partial charge in [0.1, 0.15) is 12.6 Å². The lowest BCUT2D eigenvalue weighted by molar-refractivity contribution is -0.154. The number of para-hydroxylation sites is 1. The maximum Gasteiger partial charge on any atom is 0.323 e. The number of rotatable bonds is 5. The number of hydrogen-bond acceptors (Lipinski definition) is 3. The van der Waals surface area contributed by atoms with Gasteiger partial charge >= 0.3 is 11.9 Å². The number of nitrogens with zero attached hydrogens (tertiary/aromatic N) is 1. The fourth-order valence-electron chi connectivity index (χ4n) is 4.18. The third-order valence-corrected chi connectivity index (χ3v) is 5.56. The van der Waals surface area contributed by atoms with E-state index in [0.717, 1.165) is 27.7 Å². The summed E-state index contributed by atoms with van der Waals surface area (Å²) in [6, 6.07) is 17.5. The number of benzene rings is 2. The summed E-state index contributed by atoms with van der Waals surface area (Å²) in [5.41, 5.74) is 4.01. The van der Waals surface area contributed by atoms with Crippen LogP contribution < -0.4 is 0 Å². The number of hydrogen-bond donors (Lipinski definition) is 1. The summed E-state index contributed by atoms with van der Waals surface area (Å²) in [4.78, 5) is 24.1. The largest absolute Gasteiger partial charge is 0.480 e. The number of ether oxygens (including phenoxy) is 1. The lowest BCUT2D eigenvalue weighted by Crippen LogP contribution is -2.26. The number of carbonyl (C=O) groups excluding carboxylic acids is 1. The molecule has 1 heterocycles. The van der Waals surface area contributed by atoms with Crippen molar-refractivity contribution in [2.24, 2.45) is 5.92 Å². The van der Waals surface area contributed by atoms with Crippen LogP contribution in [0.2, 0.25) is 0 Å². The first-order chi connectivity index (χ1) is 13.5. The Kier molecular flexibility index (Phi) is 4.90. The molecule has 2 atom stereocenters. The Hall–Kier alpha value is -3.08. The van der Waals surface area contributed by atoms with Crippen molar-refractivity contribution in [1.82, 2.24) is 4.57 Å². The third kappa shape index (κ3) is 3.40. The van der Waals surface area contributed by atoms with Crippen molar-refractivity contribution in [3.63, 3.8) is 0 Å². The summed E-state index contributed by atoms with van der Waals surface area (Å²) >= 11 is 0. The van der Waals surface area contributed by atoms with E-state index in [4.69, 9.17) is 4.74 Å². The number of carbonyl (C=O) groups is 2. The van der Waals surface area contributed by atoms with Crippen LogP contribution in [0.15, 0.2) is 54.6 Å². The van der Waals surface area contributed by atoms with Gasteiger partial charge in [0.05, 0.1) is 5.92 Å². The van der Waals surface area contributed by atoms with E-state index >= 15 is 0 Å². The molecular weight excluding hydrogens is 354 g/mol. The average molecular weight is 377 g/mol. The lowest BCUT2D eigenvalue weighted by Gasteiger charge is -2.24. The Bertz CT molecular complexity index is 1020. The Labute approximate surface area is 163 Å². The Morgan fingerprint density at radius 1 is 1.14 bits per heavy atom. The zero-order chi connectivity index (χ0) is 19.7. The molecule has 0 spiro atoms. The summed E-state index contributed by atoms with van der Waals surface area (Å²) in [7, 11) is 0. The molecule has 0 fully saturated rings. The normalized spacial score (nSPS) is 17.1. The van der Waals surface area contributed by atoms with Crippen LogP contribution in [0.5, 0.6) is 0 Å². The Morgan fingerprint density at radius 2 is 1.86 bits per heavy atom. The van der Waals surface area contributed by atoms with Gasteiger partial charge in [0.2, 0.25) is 0 Å². The van der Waals surface area contributed by atoms with Gasteiger partial charge in [-0.25, -0.2) is 0 Å². The summed E-state index contributed by atoms with van der Waals surface area (Å²) in [5.74, 6) is -1.25. The van der Waals surface area contributed by atoms with Crippen LogP contribution >= 0.6 is 0 Å². The van der Waals surface area contributed by atoms with Gasteiger partial charge in [0.15, 0.2) is 0 Å². The minimum Gasteiger partial charge on any atom is -0.480 e. The van der Waals surface area contributed by atoms with Crippen molar-refractivity contribution >= 4 is 22.8 Å². The predicted molar refractivity (Wildman–Crippen MR) is 106 cm³/mol. The maximum absolute atomic E-state index is 12.8. The topological polar surface area (TPSA) is 68.5 Å². The van der Waals surface area contributed by atoms with Crippen molar-refractivity contribution in [3.8, 4) is 0 Å². The van der Waals surface area contributed by atoms with Crippen molar-refractivity contribution in [3.05, 3.63) is 71.4 Å². The first-order valence-corrected chi connectivity index (χ1v) is 9.61. The molecule has 4 rings (SSSR count). The molecular formula is C23H23NO4.